The first kappa shape index (κ1) is 20.7. The first-order valence-corrected chi connectivity index (χ1v) is 10.9. The number of halogens is 1. The summed E-state index contributed by atoms with van der Waals surface area (Å²) in [5, 5.41) is 6.58. The van der Waals surface area contributed by atoms with Gasteiger partial charge in [-0.05, 0) is 66.9 Å². The Labute approximate surface area is 181 Å². The lowest BCUT2D eigenvalue weighted by Gasteiger charge is -2.31. The molecule has 1 fully saturated rings. The normalized spacial score (nSPS) is 16.9. The van der Waals surface area contributed by atoms with Crippen LogP contribution in [0.2, 0.25) is 0 Å². The highest BCUT2D eigenvalue weighted by molar-refractivity contribution is 8.00. The maximum Gasteiger partial charge on any atom is 0.130 e. The Bertz CT molecular complexity index is 949. The van der Waals surface area contributed by atoms with Crippen molar-refractivity contribution < 1.29 is 4.39 Å². The number of rotatable bonds is 7. The van der Waals surface area contributed by atoms with Gasteiger partial charge in [-0.25, -0.2) is 9.37 Å². The summed E-state index contributed by atoms with van der Waals surface area (Å²) in [6, 6.07) is 19.3. The Morgan fingerprint density at radius 1 is 1.13 bits per heavy atom. The minimum atomic E-state index is -0.273. The maximum atomic E-state index is 13.3. The van der Waals surface area contributed by atoms with Gasteiger partial charge < -0.3 is 15.4 Å². The van der Waals surface area contributed by atoms with Crippen molar-refractivity contribution in [3.05, 3.63) is 78.2 Å². The van der Waals surface area contributed by atoms with E-state index in [9.17, 15) is 4.39 Å². The van der Waals surface area contributed by atoms with E-state index in [0.29, 0.717) is 17.5 Å². The summed E-state index contributed by atoms with van der Waals surface area (Å²) in [6.07, 6.45) is 1.79. The van der Waals surface area contributed by atoms with Crippen LogP contribution in [-0.4, -0.2) is 35.6 Å². The van der Waals surface area contributed by atoms with Crippen LogP contribution in [0.25, 0.3) is 0 Å². The Hall–Kier alpha value is -2.61. The number of pyridine rings is 1. The molecule has 1 saturated heterocycles. The third-order valence-electron chi connectivity index (χ3n) is 4.93. The Balaban J connectivity index is 1.27. The smallest absolute Gasteiger partial charge is 0.130 e. The van der Waals surface area contributed by atoms with Gasteiger partial charge in [0.05, 0.1) is 0 Å². The summed E-state index contributed by atoms with van der Waals surface area (Å²) in [6.45, 7) is 6.46. The van der Waals surface area contributed by atoms with Crippen molar-refractivity contribution in [2.75, 3.05) is 29.7 Å². The average Bonchev–Trinajstić information content (AvgIpc) is 2.74. The first-order chi connectivity index (χ1) is 14.6. The fourth-order valence-electron chi connectivity index (χ4n) is 3.44. The third kappa shape index (κ3) is 5.95. The van der Waals surface area contributed by atoms with E-state index in [0.717, 1.165) is 36.8 Å². The molecular weight excluding hydrogens is 397 g/mol. The topological polar surface area (TPSA) is 52.2 Å². The quantitative estimate of drug-likeness (QED) is 0.471. The standard InChI is InChI=1S/C23H26FN5S/c1-17-15-29(12-11-25-17)16-18-5-7-20(8-6-18)28-30-22-9-10-23(26-14-22)27-21-4-2-3-19(24)13-21/h2-10,13-14,17,25,28H,11-12,15-16H2,1H3,(H,26,27). The SMILES string of the molecule is CC1CN(Cc2ccc(NSc3ccc(Nc4cccc(F)c4)nc3)cc2)CCN1. The molecule has 5 nitrogen and oxygen atoms in total. The largest absolute Gasteiger partial charge is 0.340 e. The van der Waals surface area contributed by atoms with Crippen LogP contribution in [0.3, 0.4) is 0 Å². The molecule has 1 unspecified atom stereocenters. The van der Waals surface area contributed by atoms with Gasteiger partial charge in [0.2, 0.25) is 0 Å². The van der Waals surface area contributed by atoms with Gasteiger partial charge in [-0.2, -0.15) is 0 Å². The predicted molar refractivity (Wildman–Crippen MR) is 123 cm³/mol. The van der Waals surface area contributed by atoms with Crippen molar-refractivity contribution in [2.24, 2.45) is 0 Å². The molecule has 0 amide bonds. The molecule has 4 rings (SSSR count). The summed E-state index contributed by atoms with van der Waals surface area (Å²) >= 11 is 1.51. The molecule has 3 N–H and O–H groups in total. The molecule has 0 saturated carbocycles. The molecule has 3 aromatic rings. The highest BCUT2D eigenvalue weighted by atomic mass is 32.2. The van der Waals surface area contributed by atoms with Gasteiger partial charge >= 0.3 is 0 Å². The fraction of sp³-hybridized carbons (Fsp3) is 0.261. The molecule has 0 spiro atoms. The van der Waals surface area contributed by atoms with Crippen molar-refractivity contribution in [1.29, 1.82) is 0 Å². The summed E-state index contributed by atoms with van der Waals surface area (Å²) in [5.41, 5.74) is 3.06. The predicted octanol–water partition coefficient (Wildman–Crippen LogP) is 4.88. The zero-order valence-corrected chi connectivity index (χ0v) is 17.8. The molecule has 7 heteroatoms. The van der Waals surface area contributed by atoms with E-state index >= 15 is 0 Å². The monoisotopic (exact) mass is 423 g/mol. The van der Waals surface area contributed by atoms with Crippen LogP contribution in [0, 0.1) is 5.82 Å². The van der Waals surface area contributed by atoms with E-state index in [1.54, 1.807) is 18.3 Å². The summed E-state index contributed by atoms with van der Waals surface area (Å²) in [7, 11) is 0. The number of hydrogen-bond acceptors (Lipinski definition) is 6. The van der Waals surface area contributed by atoms with E-state index in [2.05, 4.69) is 56.4 Å². The number of benzene rings is 2. The van der Waals surface area contributed by atoms with Gasteiger partial charge in [0.1, 0.15) is 11.6 Å². The van der Waals surface area contributed by atoms with Crippen LogP contribution >= 0.6 is 11.9 Å². The zero-order chi connectivity index (χ0) is 20.8. The number of aromatic nitrogens is 1. The second-order valence-corrected chi connectivity index (χ2v) is 8.39. The maximum absolute atomic E-state index is 13.3. The van der Waals surface area contributed by atoms with E-state index in [1.165, 1.54) is 29.6 Å². The lowest BCUT2D eigenvalue weighted by Crippen LogP contribution is -2.48. The van der Waals surface area contributed by atoms with Crippen LogP contribution < -0.4 is 15.4 Å². The van der Waals surface area contributed by atoms with Crippen LogP contribution in [0.15, 0.2) is 71.8 Å². The van der Waals surface area contributed by atoms with E-state index in [4.69, 9.17) is 0 Å². The van der Waals surface area contributed by atoms with Crippen molar-refractivity contribution in [1.82, 2.24) is 15.2 Å². The Kier molecular flexibility index (Phi) is 6.84. The highest BCUT2D eigenvalue weighted by Gasteiger charge is 2.15. The van der Waals surface area contributed by atoms with E-state index < -0.39 is 0 Å². The molecule has 1 aliphatic rings. The molecule has 0 aliphatic carbocycles. The van der Waals surface area contributed by atoms with Gasteiger partial charge in [0.15, 0.2) is 0 Å². The second-order valence-electron chi connectivity index (χ2n) is 7.51. The van der Waals surface area contributed by atoms with Crippen LogP contribution in [0.4, 0.5) is 21.6 Å². The van der Waals surface area contributed by atoms with Crippen molar-refractivity contribution >= 4 is 29.1 Å². The van der Waals surface area contributed by atoms with Gasteiger partial charge in [-0.1, -0.05) is 18.2 Å². The van der Waals surface area contributed by atoms with Crippen molar-refractivity contribution in [3.63, 3.8) is 0 Å². The molecule has 1 aliphatic heterocycles. The molecule has 2 heterocycles. The second kappa shape index (κ2) is 9.93. The molecular formula is C23H26FN5S. The van der Waals surface area contributed by atoms with Gasteiger partial charge in [0, 0.05) is 54.7 Å². The van der Waals surface area contributed by atoms with Crippen LogP contribution in [0.1, 0.15) is 12.5 Å². The Morgan fingerprint density at radius 3 is 2.73 bits per heavy atom. The molecule has 156 valence electrons. The van der Waals surface area contributed by atoms with Crippen molar-refractivity contribution in [2.45, 2.75) is 24.4 Å². The zero-order valence-electron chi connectivity index (χ0n) is 16.9. The van der Waals surface area contributed by atoms with Gasteiger partial charge in [0.25, 0.3) is 0 Å². The molecule has 1 atom stereocenters. The summed E-state index contributed by atoms with van der Waals surface area (Å²) in [4.78, 5) is 7.88. The van der Waals surface area contributed by atoms with Crippen LogP contribution in [-0.2, 0) is 6.54 Å². The minimum Gasteiger partial charge on any atom is -0.340 e. The van der Waals surface area contributed by atoms with Gasteiger partial charge in [-0.3, -0.25) is 4.90 Å². The molecule has 1 aromatic heterocycles. The van der Waals surface area contributed by atoms with E-state index in [1.807, 2.05) is 12.1 Å². The average molecular weight is 424 g/mol. The fourth-order valence-corrected chi connectivity index (χ4v) is 4.05. The molecule has 30 heavy (non-hydrogen) atoms. The van der Waals surface area contributed by atoms with Crippen LogP contribution in [0.5, 0.6) is 0 Å². The minimum absolute atomic E-state index is 0.273. The summed E-state index contributed by atoms with van der Waals surface area (Å²) < 4.78 is 16.6. The lowest BCUT2D eigenvalue weighted by molar-refractivity contribution is 0.199. The first-order valence-electron chi connectivity index (χ1n) is 10.1. The number of hydrogen-bond donors (Lipinski definition) is 3. The molecule has 0 bridgehead atoms. The number of nitrogens with one attached hydrogen (secondary N) is 3. The van der Waals surface area contributed by atoms with Crippen molar-refractivity contribution in [3.8, 4) is 0 Å². The molecule has 0 radical (unpaired) electrons. The lowest BCUT2D eigenvalue weighted by atomic mass is 10.1. The number of anilines is 3. The molecule has 2 aromatic carbocycles. The Morgan fingerprint density at radius 2 is 2.00 bits per heavy atom. The number of piperazine rings is 1. The third-order valence-corrected chi connectivity index (χ3v) is 5.75. The highest BCUT2D eigenvalue weighted by Crippen LogP contribution is 2.23. The van der Waals surface area contributed by atoms with E-state index in [-0.39, 0.29) is 5.82 Å². The summed E-state index contributed by atoms with van der Waals surface area (Å²) in [5.74, 6) is 0.404. The number of nitrogens with zero attached hydrogens (tertiary/aromatic N) is 2. The van der Waals surface area contributed by atoms with Gasteiger partial charge in [-0.15, -0.1) is 0 Å².